The lowest BCUT2D eigenvalue weighted by atomic mass is 9.94. The van der Waals surface area contributed by atoms with Crippen LogP contribution in [0.1, 0.15) is 31.2 Å². The van der Waals surface area contributed by atoms with Crippen LogP contribution in [0.2, 0.25) is 10.0 Å². The summed E-state index contributed by atoms with van der Waals surface area (Å²) in [5.41, 5.74) is 1.86. The number of allylic oxidation sites excluding steroid dienone is 1. The van der Waals surface area contributed by atoms with Crippen molar-refractivity contribution in [1.29, 1.82) is 0 Å². The first-order valence-electron chi connectivity index (χ1n) is 7.32. The second kappa shape index (κ2) is 7.44. The fraction of sp³-hybridized carbons (Fsp3) is 0.471. The average molecular weight is 326 g/mol. The maximum absolute atomic E-state index is 12.7. The van der Waals surface area contributed by atoms with E-state index in [9.17, 15) is 4.79 Å². The van der Waals surface area contributed by atoms with E-state index >= 15 is 0 Å². The van der Waals surface area contributed by atoms with E-state index in [-0.39, 0.29) is 11.7 Å². The Morgan fingerprint density at radius 2 is 2.00 bits per heavy atom. The molecule has 1 unspecified atom stereocenters. The van der Waals surface area contributed by atoms with E-state index in [1.807, 2.05) is 32.3 Å². The van der Waals surface area contributed by atoms with Crippen LogP contribution in [0.5, 0.6) is 0 Å². The zero-order valence-electron chi connectivity index (χ0n) is 12.5. The number of benzene rings is 1. The number of nitrogens with zero attached hydrogens (tertiary/aromatic N) is 1. The highest BCUT2D eigenvalue weighted by atomic mass is 35.5. The topological polar surface area (TPSA) is 20.3 Å². The molecule has 1 aromatic rings. The fourth-order valence-corrected chi connectivity index (χ4v) is 3.09. The van der Waals surface area contributed by atoms with Gasteiger partial charge in [0.25, 0.3) is 0 Å². The Labute approximate surface area is 136 Å². The number of hydrogen-bond acceptors (Lipinski definition) is 2. The molecule has 1 aliphatic carbocycles. The van der Waals surface area contributed by atoms with Crippen molar-refractivity contribution in [3.8, 4) is 0 Å². The first-order chi connectivity index (χ1) is 9.97. The van der Waals surface area contributed by atoms with E-state index in [1.165, 1.54) is 0 Å². The van der Waals surface area contributed by atoms with Gasteiger partial charge in [0.05, 0.1) is 10.0 Å². The summed E-state index contributed by atoms with van der Waals surface area (Å²) in [4.78, 5) is 14.8. The van der Waals surface area contributed by atoms with E-state index < -0.39 is 0 Å². The minimum absolute atomic E-state index is 0.108. The third kappa shape index (κ3) is 4.57. The molecule has 0 saturated heterocycles. The number of carbonyl (C=O) groups excluding carboxylic acids is 1. The van der Waals surface area contributed by atoms with E-state index in [0.29, 0.717) is 10.0 Å². The van der Waals surface area contributed by atoms with E-state index in [2.05, 4.69) is 4.90 Å². The van der Waals surface area contributed by atoms with Crippen LogP contribution in [0.25, 0.3) is 6.08 Å². The van der Waals surface area contributed by atoms with Gasteiger partial charge in [-0.2, -0.15) is 0 Å². The second-order valence-electron chi connectivity index (χ2n) is 5.91. The van der Waals surface area contributed by atoms with Gasteiger partial charge in [-0.15, -0.1) is 0 Å². The Bertz CT molecular complexity index is 552. The molecule has 0 aliphatic heterocycles. The second-order valence-corrected chi connectivity index (χ2v) is 6.73. The third-order valence-electron chi connectivity index (χ3n) is 3.81. The molecule has 114 valence electrons. The van der Waals surface area contributed by atoms with Gasteiger partial charge in [-0.25, -0.2) is 0 Å². The fourth-order valence-electron chi connectivity index (χ4n) is 2.78. The average Bonchev–Trinajstić information content (AvgIpc) is 2.58. The van der Waals surface area contributed by atoms with Crippen LogP contribution in [0, 0.1) is 5.92 Å². The maximum atomic E-state index is 12.7. The highest BCUT2D eigenvalue weighted by Gasteiger charge is 2.25. The molecule has 1 atom stereocenters. The molecule has 1 fully saturated rings. The quantitative estimate of drug-likeness (QED) is 0.593. The van der Waals surface area contributed by atoms with Crippen LogP contribution in [-0.2, 0) is 4.79 Å². The highest BCUT2D eigenvalue weighted by molar-refractivity contribution is 6.42. The predicted octanol–water partition coefficient (Wildman–Crippen LogP) is 4.70. The van der Waals surface area contributed by atoms with E-state index in [0.717, 1.165) is 43.4 Å². The predicted molar refractivity (Wildman–Crippen MR) is 90.0 cm³/mol. The number of halogens is 2. The lowest BCUT2D eigenvalue weighted by Crippen LogP contribution is -2.27. The molecule has 0 radical (unpaired) electrons. The minimum Gasteiger partial charge on any atom is -0.309 e. The van der Waals surface area contributed by atoms with Crippen molar-refractivity contribution in [2.45, 2.75) is 25.7 Å². The van der Waals surface area contributed by atoms with Gasteiger partial charge < -0.3 is 4.90 Å². The number of ketones is 1. The molecule has 1 aliphatic rings. The molecule has 0 amide bonds. The van der Waals surface area contributed by atoms with Crippen LogP contribution >= 0.6 is 23.2 Å². The van der Waals surface area contributed by atoms with Crippen LogP contribution in [0.15, 0.2) is 23.8 Å². The molecular formula is C17H21Cl2NO. The van der Waals surface area contributed by atoms with Crippen molar-refractivity contribution in [2.24, 2.45) is 5.92 Å². The Kier molecular flexibility index (Phi) is 5.86. The molecule has 4 heteroatoms. The zero-order valence-corrected chi connectivity index (χ0v) is 14.0. The van der Waals surface area contributed by atoms with Crippen molar-refractivity contribution < 1.29 is 4.79 Å². The van der Waals surface area contributed by atoms with Crippen molar-refractivity contribution >= 4 is 35.1 Å². The van der Waals surface area contributed by atoms with Gasteiger partial charge in [0.15, 0.2) is 5.78 Å². The Balaban J connectivity index is 2.24. The molecule has 2 nitrogen and oxygen atoms in total. The number of rotatable bonds is 3. The first kappa shape index (κ1) is 16.5. The standard InChI is InChI=1S/C17H21Cl2NO/c1-20(2)11-14-6-4-3-5-13(17(14)21)9-12-7-8-15(18)16(19)10-12/h7-10,14H,3-6,11H2,1-2H3. The van der Waals surface area contributed by atoms with Crippen LogP contribution in [0.4, 0.5) is 0 Å². The van der Waals surface area contributed by atoms with Gasteiger partial charge in [-0.1, -0.05) is 35.7 Å². The summed E-state index contributed by atoms with van der Waals surface area (Å²) in [5.74, 6) is 0.392. The van der Waals surface area contributed by atoms with Gasteiger partial charge in [0, 0.05) is 12.5 Å². The monoisotopic (exact) mass is 325 g/mol. The highest BCUT2D eigenvalue weighted by Crippen LogP contribution is 2.28. The number of carbonyl (C=O) groups is 1. The van der Waals surface area contributed by atoms with E-state index in [4.69, 9.17) is 23.2 Å². The normalized spacial score (nSPS) is 21.9. The van der Waals surface area contributed by atoms with Crippen molar-refractivity contribution in [3.63, 3.8) is 0 Å². The molecular weight excluding hydrogens is 305 g/mol. The van der Waals surface area contributed by atoms with Gasteiger partial charge in [0.1, 0.15) is 0 Å². The summed E-state index contributed by atoms with van der Waals surface area (Å²) < 4.78 is 0. The summed E-state index contributed by atoms with van der Waals surface area (Å²) in [5, 5.41) is 1.06. The zero-order chi connectivity index (χ0) is 15.4. The molecule has 0 heterocycles. The van der Waals surface area contributed by atoms with Gasteiger partial charge >= 0.3 is 0 Å². The Morgan fingerprint density at radius 1 is 1.24 bits per heavy atom. The first-order valence-corrected chi connectivity index (χ1v) is 8.07. The smallest absolute Gasteiger partial charge is 0.163 e. The number of hydrogen-bond donors (Lipinski definition) is 0. The van der Waals surface area contributed by atoms with Crippen LogP contribution < -0.4 is 0 Å². The third-order valence-corrected chi connectivity index (χ3v) is 4.55. The SMILES string of the molecule is CN(C)CC1CCCCC(=Cc2ccc(Cl)c(Cl)c2)C1=O. The molecule has 2 rings (SSSR count). The van der Waals surface area contributed by atoms with Crippen molar-refractivity contribution in [3.05, 3.63) is 39.4 Å². The summed E-state index contributed by atoms with van der Waals surface area (Å²) in [6.45, 7) is 0.817. The molecule has 0 spiro atoms. The van der Waals surface area contributed by atoms with Crippen LogP contribution in [0.3, 0.4) is 0 Å². The Hall–Kier alpha value is -0.830. The maximum Gasteiger partial charge on any atom is 0.163 e. The minimum atomic E-state index is 0.108. The summed E-state index contributed by atoms with van der Waals surface area (Å²) in [6, 6.07) is 5.49. The summed E-state index contributed by atoms with van der Waals surface area (Å²) >= 11 is 12.0. The molecule has 21 heavy (non-hydrogen) atoms. The summed E-state index contributed by atoms with van der Waals surface area (Å²) in [7, 11) is 4.03. The van der Waals surface area contributed by atoms with Crippen molar-refractivity contribution in [1.82, 2.24) is 4.90 Å². The lowest BCUT2D eigenvalue weighted by molar-refractivity contribution is -0.119. The molecule has 1 aromatic carbocycles. The van der Waals surface area contributed by atoms with Crippen LogP contribution in [-0.4, -0.2) is 31.3 Å². The van der Waals surface area contributed by atoms with Gasteiger partial charge in [-0.05, 0) is 62.7 Å². The largest absolute Gasteiger partial charge is 0.309 e. The van der Waals surface area contributed by atoms with E-state index in [1.54, 1.807) is 6.07 Å². The van der Waals surface area contributed by atoms with Crippen molar-refractivity contribution in [2.75, 3.05) is 20.6 Å². The lowest BCUT2D eigenvalue weighted by Gasteiger charge is -2.18. The Morgan fingerprint density at radius 3 is 2.67 bits per heavy atom. The van der Waals surface area contributed by atoms with Gasteiger partial charge in [-0.3, -0.25) is 4.79 Å². The molecule has 0 aromatic heterocycles. The van der Waals surface area contributed by atoms with Gasteiger partial charge in [0.2, 0.25) is 0 Å². The summed E-state index contributed by atoms with van der Waals surface area (Å²) in [6.07, 6.45) is 5.99. The molecule has 1 saturated carbocycles. The number of Topliss-reactive ketones (excluding diaryl/α,β-unsaturated/α-hetero) is 1. The molecule has 0 N–H and O–H groups in total. The molecule has 0 bridgehead atoms.